The molecule has 1 fully saturated rings. The molecule has 1 aliphatic heterocycles. The SMILES string of the molecule is CSCCC(NC(=O)C1CCCN1C(=O)C(C)NC(=O)C(N)Cc1cnc[nH]1)C(=O)O. The Bertz CT molecular complexity index is 774. The summed E-state index contributed by atoms with van der Waals surface area (Å²) in [5.74, 6) is -1.90. The van der Waals surface area contributed by atoms with Crippen molar-refractivity contribution in [2.45, 2.75) is 56.8 Å². The summed E-state index contributed by atoms with van der Waals surface area (Å²) >= 11 is 1.49. The van der Waals surface area contributed by atoms with E-state index in [1.807, 2.05) is 6.26 Å². The van der Waals surface area contributed by atoms with E-state index in [-0.39, 0.29) is 6.42 Å². The Balaban J connectivity index is 1.93. The molecule has 2 rings (SSSR count). The van der Waals surface area contributed by atoms with Crippen LogP contribution in [0.5, 0.6) is 0 Å². The topological polar surface area (TPSA) is 171 Å². The molecule has 0 spiro atoms. The van der Waals surface area contributed by atoms with Crippen molar-refractivity contribution in [2.75, 3.05) is 18.6 Å². The number of nitrogens with one attached hydrogen (secondary N) is 3. The van der Waals surface area contributed by atoms with Crippen molar-refractivity contribution in [1.29, 1.82) is 0 Å². The van der Waals surface area contributed by atoms with Gasteiger partial charge in [-0.2, -0.15) is 11.8 Å². The molecule has 4 atom stereocenters. The minimum absolute atomic E-state index is 0.244. The molecule has 0 saturated carbocycles. The number of aromatic amines is 1. The van der Waals surface area contributed by atoms with E-state index in [9.17, 15) is 24.3 Å². The highest BCUT2D eigenvalue weighted by molar-refractivity contribution is 7.98. The highest BCUT2D eigenvalue weighted by atomic mass is 32.2. The Morgan fingerprint density at radius 1 is 1.39 bits per heavy atom. The van der Waals surface area contributed by atoms with Crippen LogP contribution in [0.15, 0.2) is 12.5 Å². The Morgan fingerprint density at radius 3 is 2.74 bits per heavy atom. The minimum Gasteiger partial charge on any atom is -0.480 e. The lowest BCUT2D eigenvalue weighted by Crippen LogP contribution is -2.56. The first-order valence-electron chi connectivity index (χ1n) is 10.1. The van der Waals surface area contributed by atoms with Crippen LogP contribution in [0.4, 0.5) is 0 Å². The zero-order valence-corrected chi connectivity index (χ0v) is 18.5. The number of aromatic nitrogens is 2. The van der Waals surface area contributed by atoms with Gasteiger partial charge in [-0.1, -0.05) is 0 Å². The lowest BCUT2D eigenvalue weighted by atomic mass is 10.1. The molecular weight excluding hydrogens is 424 g/mol. The van der Waals surface area contributed by atoms with Gasteiger partial charge in [0.2, 0.25) is 17.7 Å². The molecule has 11 nitrogen and oxygen atoms in total. The summed E-state index contributed by atoms with van der Waals surface area (Å²) in [5.41, 5.74) is 6.60. The molecule has 6 N–H and O–H groups in total. The second-order valence-corrected chi connectivity index (χ2v) is 8.47. The van der Waals surface area contributed by atoms with Gasteiger partial charge in [-0.15, -0.1) is 0 Å². The van der Waals surface area contributed by atoms with Crippen LogP contribution in [0.25, 0.3) is 0 Å². The van der Waals surface area contributed by atoms with Crippen LogP contribution < -0.4 is 16.4 Å². The number of hydrogen-bond acceptors (Lipinski definition) is 7. The third kappa shape index (κ3) is 6.96. The van der Waals surface area contributed by atoms with Crippen molar-refractivity contribution in [3.8, 4) is 0 Å². The van der Waals surface area contributed by atoms with E-state index in [4.69, 9.17) is 5.73 Å². The lowest BCUT2D eigenvalue weighted by Gasteiger charge is -2.28. The summed E-state index contributed by atoms with van der Waals surface area (Å²) in [4.78, 5) is 57.4. The van der Waals surface area contributed by atoms with E-state index in [0.717, 1.165) is 0 Å². The first-order chi connectivity index (χ1) is 14.7. The van der Waals surface area contributed by atoms with Gasteiger partial charge in [0, 0.05) is 24.9 Å². The quantitative estimate of drug-likeness (QED) is 0.286. The number of H-pyrrole nitrogens is 1. The summed E-state index contributed by atoms with van der Waals surface area (Å²) in [6.07, 6.45) is 6.50. The Morgan fingerprint density at radius 2 is 2.13 bits per heavy atom. The molecule has 2 heterocycles. The number of imidazole rings is 1. The zero-order chi connectivity index (χ0) is 23.0. The third-order valence-electron chi connectivity index (χ3n) is 5.12. The number of aliphatic carboxylic acids is 1. The molecule has 12 heteroatoms. The smallest absolute Gasteiger partial charge is 0.326 e. The van der Waals surface area contributed by atoms with Crippen molar-refractivity contribution < 1.29 is 24.3 Å². The molecule has 172 valence electrons. The second kappa shape index (κ2) is 11.7. The van der Waals surface area contributed by atoms with Gasteiger partial charge >= 0.3 is 5.97 Å². The normalized spacial score (nSPS) is 18.8. The number of hydrogen-bond donors (Lipinski definition) is 5. The highest BCUT2D eigenvalue weighted by Crippen LogP contribution is 2.19. The predicted octanol–water partition coefficient (Wildman–Crippen LogP) is -0.902. The van der Waals surface area contributed by atoms with Gasteiger partial charge < -0.3 is 31.4 Å². The van der Waals surface area contributed by atoms with Crippen LogP contribution in [-0.4, -0.2) is 86.4 Å². The monoisotopic (exact) mass is 454 g/mol. The number of thioether (sulfide) groups is 1. The van der Waals surface area contributed by atoms with Crippen molar-refractivity contribution >= 4 is 35.5 Å². The van der Waals surface area contributed by atoms with Gasteiger partial charge in [0.1, 0.15) is 18.1 Å². The van der Waals surface area contributed by atoms with Crippen LogP contribution in [-0.2, 0) is 25.6 Å². The van der Waals surface area contributed by atoms with Gasteiger partial charge in [0.15, 0.2) is 0 Å². The molecule has 1 aromatic heterocycles. The van der Waals surface area contributed by atoms with E-state index >= 15 is 0 Å². The first-order valence-corrected chi connectivity index (χ1v) is 11.5. The maximum atomic E-state index is 12.9. The molecule has 4 unspecified atom stereocenters. The minimum atomic E-state index is -1.11. The number of nitrogens with two attached hydrogens (primary N) is 1. The highest BCUT2D eigenvalue weighted by Gasteiger charge is 2.37. The predicted molar refractivity (Wildman–Crippen MR) is 115 cm³/mol. The molecule has 1 aliphatic rings. The number of nitrogens with zero attached hydrogens (tertiary/aromatic N) is 2. The fourth-order valence-corrected chi connectivity index (χ4v) is 3.89. The van der Waals surface area contributed by atoms with Crippen LogP contribution in [0.1, 0.15) is 31.9 Å². The van der Waals surface area contributed by atoms with Crippen LogP contribution in [0.3, 0.4) is 0 Å². The van der Waals surface area contributed by atoms with Gasteiger partial charge in [-0.05, 0) is 38.2 Å². The first kappa shape index (κ1) is 24.7. The largest absolute Gasteiger partial charge is 0.480 e. The van der Waals surface area contributed by atoms with Gasteiger partial charge in [-0.3, -0.25) is 14.4 Å². The standard InChI is InChI=1S/C19H30N6O5S/c1-11(23-16(26)13(20)8-12-9-21-10-22-12)18(28)25-6-3-4-15(25)17(27)24-14(19(29)30)5-7-31-2/h9-11,13-15H,3-8,20H2,1-2H3,(H,21,22)(H,23,26)(H,24,27)(H,29,30). The Hall–Kier alpha value is -2.60. The van der Waals surface area contributed by atoms with Gasteiger partial charge in [-0.25, -0.2) is 9.78 Å². The summed E-state index contributed by atoms with van der Waals surface area (Å²) in [6.45, 7) is 1.90. The summed E-state index contributed by atoms with van der Waals surface area (Å²) < 4.78 is 0. The zero-order valence-electron chi connectivity index (χ0n) is 17.7. The molecule has 1 saturated heterocycles. The van der Waals surface area contributed by atoms with Crippen LogP contribution in [0.2, 0.25) is 0 Å². The van der Waals surface area contributed by atoms with E-state index in [1.54, 1.807) is 6.20 Å². The molecule has 0 bridgehead atoms. The summed E-state index contributed by atoms with van der Waals surface area (Å²) in [7, 11) is 0. The molecule has 31 heavy (non-hydrogen) atoms. The number of amides is 3. The maximum Gasteiger partial charge on any atom is 0.326 e. The Labute approximate surface area is 184 Å². The van der Waals surface area contributed by atoms with Gasteiger partial charge in [0.05, 0.1) is 12.4 Å². The number of likely N-dealkylation sites (tertiary alicyclic amines) is 1. The molecule has 0 radical (unpaired) electrons. The molecular formula is C19H30N6O5S. The fourth-order valence-electron chi connectivity index (χ4n) is 3.42. The number of carbonyl (C=O) groups is 4. The number of carbonyl (C=O) groups excluding carboxylic acids is 3. The number of rotatable bonds is 11. The van der Waals surface area contributed by atoms with Crippen LogP contribution >= 0.6 is 11.8 Å². The molecule has 1 aromatic rings. The average Bonchev–Trinajstić information content (AvgIpc) is 3.41. The summed E-state index contributed by atoms with van der Waals surface area (Å²) in [5, 5.41) is 14.5. The molecule has 0 aliphatic carbocycles. The van der Waals surface area contributed by atoms with Crippen molar-refractivity contribution in [3.05, 3.63) is 18.2 Å². The maximum absolute atomic E-state index is 12.9. The second-order valence-electron chi connectivity index (χ2n) is 7.49. The van der Waals surface area contributed by atoms with E-state index in [2.05, 4.69) is 20.6 Å². The van der Waals surface area contributed by atoms with Crippen LogP contribution in [0, 0.1) is 0 Å². The average molecular weight is 455 g/mol. The lowest BCUT2D eigenvalue weighted by molar-refractivity contribution is -0.144. The van der Waals surface area contributed by atoms with Crippen molar-refractivity contribution in [3.63, 3.8) is 0 Å². The van der Waals surface area contributed by atoms with E-state index < -0.39 is 47.9 Å². The number of carboxylic acids is 1. The van der Waals surface area contributed by atoms with E-state index in [1.165, 1.54) is 29.9 Å². The van der Waals surface area contributed by atoms with Crippen molar-refractivity contribution in [1.82, 2.24) is 25.5 Å². The fraction of sp³-hybridized carbons (Fsp3) is 0.632. The van der Waals surface area contributed by atoms with Crippen molar-refractivity contribution in [2.24, 2.45) is 5.73 Å². The number of carboxylic acid groups (broad SMARTS) is 1. The summed E-state index contributed by atoms with van der Waals surface area (Å²) in [6, 6.07) is -3.50. The third-order valence-corrected chi connectivity index (χ3v) is 5.77. The van der Waals surface area contributed by atoms with Gasteiger partial charge in [0.25, 0.3) is 0 Å². The molecule has 3 amide bonds. The Kier molecular flexibility index (Phi) is 9.31. The van der Waals surface area contributed by atoms with E-state index in [0.29, 0.717) is 37.3 Å². The molecule has 0 aromatic carbocycles.